The fraction of sp³-hybridized carbons (Fsp3) is 0.348. The van der Waals surface area contributed by atoms with Crippen LogP contribution in [0.1, 0.15) is 50.4 Å². The molecule has 9 heteroatoms. The van der Waals surface area contributed by atoms with Crippen LogP contribution in [0, 0.1) is 11.8 Å². The molecule has 1 aliphatic rings. The van der Waals surface area contributed by atoms with Crippen molar-refractivity contribution in [1.29, 1.82) is 0 Å². The third-order valence-corrected chi connectivity index (χ3v) is 4.60. The maximum atomic E-state index is 14.1. The number of amides is 1. The van der Waals surface area contributed by atoms with Crippen molar-refractivity contribution in [2.75, 3.05) is 6.54 Å². The zero-order valence-electron chi connectivity index (χ0n) is 17.9. The van der Waals surface area contributed by atoms with Crippen molar-refractivity contribution in [2.24, 2.45) is 0 Å². The van der Waals surface area contributed by atoms with Crippen LogP contribution in [0.15, 0.2) is 47.2 Å². The van der Waals surface area contributed by atoms with Gasteiger partial charge in [-0.25, -0.2) is 14.2 Å². The summed E-state index contributed by atoms with van der Waals surface area (Å²) in [4.78, 5) is 26.6. The van der Waals surface area contributed by atoms with E-state index in [2.05, 4.69) is 31.9 Å². The molecule has 1 fully saturated rings. The first-order chi connectivity index (χ1) is 15.3. The van der Waals surface area contributed by atoms with E-state index in [9.17, 15) is 9.18 Å². The molecule has 164 valence electrons. The van der Waals surface area contributed by atoms with E-state index in [0.717, 1.165) is 0 Å². The number of nitrogens with zero attached hydrogens (tertiary/aromatic N) is 5. The van der Waals surface area contributed by atoms with Gasteiger partial charge in [-0.1, -0.05) is 17.1 Å². The van der Waals surface area contributed by atoms with Gasteiger partial charge in [0, 0.05) is 24.4 Å². The van der Waals surface area contributed by atoms with Gasteiger partial charge in [-0.3, -0.25) is 9.88 Å². The van der Waals surface area contributed by atoms with Crippen LogP contribution in [0.3, 0.4) is 0 Å². The summed E-state index contributed by atoms with van der Waals surface area (Å²) in [6, 6.07) is 8.33. The number of hydrogen-bond acceptors (Lipinski definition) is 7. The van der Waals surface area contributed by atoms with E-state index in [4.69, 9.17) is 9.26 Å². The van der Waals surface area contributed by atoms with Crippen LogP contribution in [0.5, 0.6) is 0 Å². The minimum Gasteiger partial charge on any atom is -0.444 e. The minimum absolute atomic E-state index is 0.0658. The fourth-order valence-corrected chi connectivity index (χ4v) is 3.19. The molecule has 32 heavy (non-hydrogen) atoms. The van der Waals surface area contributed by atoms with Crippen molar-refractivity contribution < 1.29 is 18.4 Å². The first-order valence-electron chi connectivity index (χ1n) is 10.2. The van der Waals surface area contributed by atoms with Crippen LogP contribution in [0.25, 0.3) is 11.5 Å². The monoisotopic (exact) mass is 435 g/mol. The fourth-order valence-electron chi connectivity index (χ4n) is 3.19. The SMILES string of the molecule is CC(C)(C)OC(=O)N1C[C@H](F)C[C@@H]1c1nc(-c2ccc(C#Cc3ccccn3)cn2)no1. The van der Waals surface area contributed by atoms with Gasteiger partial charge in [-0.15, -0.1) is 0 Å². The van der Waals surface area contributed by atoms with E-state index in [1.165, 1.54) is 4.90 Å². The lowest BCUT2D eigenvalue weighted by atomic mass is 10.2. The number of carbonyl (C=O) groups is 1. The number of alkyl halides is 1. The van der Waals surface area contributed by atoms with Gasteiger partial charge in [0.05, 0.1) is 6.54 Å². The third kappa shape index (κ3) is 5.09. The predicted octanol–water partition coefficient (Wildman–Crippen LogP) is 3.95. The normalized spacial score (nSPS) is 18.2. The van der Waals surface area contributed by atoms with Gasteiger partial charge in [0.1, 0.15) is 29.2 Å². The standard InChI is InChI=1S/C23H22FN5O3/c1-23(2,3)31-22(30)29-14-16(24)12-19(29)21-27-20(28-32-21)18-10-8-15(13-26-18)7-9-17-6-4-5-11-25-17/h4-6,8,10-11,13,16,19H,12,14H2,1-3H3/t16-,19-/m1/s1. The summed E-state index contributed by atoms with van der Waals surface area (Å²) in [6.45, 7) is 5.18. The van der Waals surface area contributed by atoms with Gasteiger partial charge in [0.25, 0.3) is 0 Å². The smallest absolute Gasteiger partial charge is 0.411 e. The zero-order valence-corrected chi connectivity index (χ0v) is 17.9. The number of halogens is 1. The molecule has 2 atom stereocenters. The van der Waals surface area contributed by atoms with Crippen LogP contribution >= 0.6 is 0 Å². The zero-order chi connectivity index (χ0) is 22.7. The highest BCUT2D eigenvalue weighted by atomic mass is 19.1. The highest BCUT2D eigenvalue weighted by molar-refractivity contribution is 5.69. The maximum absolute atomic E-state index is 14.1. The summed E-state index contributed by atoms with van der Waals surface area (Å²) >= 11 is 0. The molecule has 0 aliphatic carbocycles. The highest BCUT2D eigenvalue weighted by Gasteiger charge is 2.41. The van der Waals surface area contributed by atoms with Crippen molar-refractivity contribution in [3.63, 3.8) is 0 Å². The summed E-state index contributed by atoms with van der Waals surface area (Å²) < 4.78 is 24.8. The number of hydrogen-bond donors (Lipinski definition) is 0. The maximum Gasteiger partial charge on any atom is 0.411 e. The first-order valence-corrected chi connectivity index (χ1v) is 10.2. The molecule has 1 amide bonds. The van der Waals surface area contributed by atoms with Crippen molar-refractivity contribution in [3.8, 4) is 23.4 Å². The van der Waals surface area contributed by atoms with Crippen LogP contribution in [0.4, 0.5) is 9.18 Å². The first kappa shape index (κ1) is 21.4. The van der Waals surface area contributed by atoms with E-state index < -0.39 is 23.9 Å². The Morgan fingerprint density at radius 3 is 2.75 bits per heavy atom. The molecule has 1 saturated heterocycles. The Morgan fingerprint density at radius 2 is 2.06 bits per heavy atom. The molecule has 3 aromatic rings. The number of likely N-dealkylation sites (tertiary alicyclic amines) is 1. The number of aromatic nitrogens is 4. The second-order valence-corrected chi connectivity index (χ2v) is 8.33. The second kappa shape index (κ2) is 8.75. The number of carbonyl (C=O) groups excluding carboxylic acids is 1. The molecular formula is C23H22FN5O3. The van der Waals surface area contributed by atoms with Crippen molar-refractivity contribution in [3.05, 3.63) is 59.9 Å². The van der Waals surface area contributed by atoms with Gasteiger partial charge in [-0.2, -0.15) is 4.98 Å². The topological polar surface area (TPSA) is 94.2 Å². The quantitative estimate of drug-likeness (QED) is 0.563. The Balaban J connectivity index is 1.49. The highest BCUT2D eigenvalue weighted by Crippen LogP contribution is 2.34. The molecular weight excluding hydrogens is 413 g/mol. The molecule has 4 rings (SSSR count). The molecule has 0 N–H and O–H groups in total. The summed E-state index contributed by atoms with van der Waals surface area (Å²) in [6.07, 6.45) is 1.53. The molecule has 1 aliphatic heterocycles. The minimum atomic E-state index is -1.20. The largest absolute Gasteiger partial charge is 0.444 e. The summed E-state index contributed by atoms with van der Waals surface area (Å²) in [7, 11) is 0. The Kier molecular flexibility index (Phi) is 5.86. The van der Waals surface area contributed by atoms with E-state index in [1.54, 1.807) is 45.3 Å². The van der Waals surface area contributed by atoms with Gasteiger partial charge in [0.2, 0.25) is 11.7 Å². The predicted molar refractivity (Wildman–Crippen MR) is 113 cm³/mol. The van der Waals surface area contributed by atoms with Crippen molar-refractivity contribution in [1.82, 2.24) is 25.0 Å². The average Bonchev–Trinajstić information content (AvgIpc) is 3.39. The lowest BCUT2D eigenvalue weighted by Gasteiger charge is -2.26. The van der Waals surface area contributed by atoms with E-state index in [0.29, 0.717) is 17.0 Å². The second-order valence-electron chi connectivity index (χ2n) is 8.33. The van der Waals surface area contributed by atoms with E-state index >= 15 is 0 Å². The van der Waals surface area contributed by atoms with E-state index in [1.807, 2.05) is 18.2 Å². The van der Waals surface area contributed by atoms with Crippen molar-refractivity contribution in [2.45, 2.75) is 45.0 Å². The summed E-state index contributed by atoms with van der Waals surface area (Å²) in [5, 5.41) is 3.95. The Labute approximate surface area is 184 Å². The van der Waals surface area contributed by atoms with Gasteiger partial charge in [0.15, 0.2) is 0 Å². The average molecular weight is 435 g/mol. The van der Waals surface area contributed by atoms with Gasteiger partial charge >= 0.3 is 6.09 Å². The molecule has 0 bridgehead atoms. The lowest BCUT2D eigenvalue weighted by molar-refractivity contribution is 0.0192. The molecule has 4 heterocycles. The van der Waals surface area contributed by atoms with E-state index in [-0.39, 0.29) is 24.7 Å². The van der Waals surface area contributed by atoms with Crippen LogP contribution in [-0.2, 0) is 4.74 Å². The number of pyridine rings is 2. The van der Waals surface area contributed by atoms with Gasteiger partial charge < -0.3 is 9.26 Å². The van der Waals surface area contributed by atoms with Crippen LogP contribution < -0.4 is 0 Å². The lowest BCUT2D eigenvalue weighted by Crippen LogP contribution is -2.37. The number of rotatable bonds is 2. The molecule has 0 unspecified atom stereocenters. The Morgan fingerprint density at radius 1 is 1.22 bits per heavy atom. The van der Waals surface area contributed by atoms with Gasteiger partial charge in [-0.05, 0) is 51.0 Å². The van der Waals surface area contributed by atoms with Crippen molar-refractivity contribution >= 4 is 6.09 Å². The molecule has 0 saturated carbocycles. The van der Waals surface area contributed by atoms with Crippen LogP contribution in [-0.4, -0.2) is 49.4 Å². The molecule has 0 radical (unpaired) electrons. The molecule has 0 spiro atoms. The summed E-state index contributed by atoms with van der Waals surface area (Å²) in [5.41, 5.74) is 1.15. The van der Waals surface area contributed by atoms with Crippen LogP contribution in [0.2, 0.25) is 0 Å². The number of ether oxygens (including phenoxy) is 1. The summed E-state index contributed by atoms with van der Waals surface area (Å²) in [5.74, 6) is 6.34. The molecule has 0 aromatic carbocycles. The molecule has 8 nitrogen and oxygen atoms in total. The third-order valence-electron chi connectivity index (χ3n) is 4.60. The molecule has 3 aromatic heterocycles. The Hall–Kier alpha value is -3.80. The Bertz CT molecular complexity index is 1150.